The summed E-state index contributed by atoms with van der Waals surface area (Å²) in [5.41, 5.74) is 0.329. The summed E-state index contributed by atoms with van der Waals surface area (Å²) in [4.78, 5) is 29.7. The fourth-order valence-electron chi connectivity index (χ4n) is 7.26. The van der Waals surface area contributed by atoms with Gasteiger partial charge in [-0.05, 0) is 43.1 Å². The van der Waals surface area contributed by atoms with Crippen molar-refractivity contribution in [3.8, 4) is 0 Å². The number of benzene rings is 1. The van der Waals surface area contributed by atoms with Crippen molar-refractivity contribution in [2.75, 3.05) is 6.54 Å². The van der Waals surface area contributed by atoms with Gasteiger partial charge in [-0.15, -0.1) is 0 Å². The second-order valence-corrected chi connectivity index (χ2v) is 10.8. The second kappa shape index (κ2) is 8.23. The highest BCUT2D eigenvalue weighted by Crippen LogP contribution is 2.55. The highest BCUT2D eigenvalue weighted by molar-refractivity contribution is 5.97. The van der Waals surface area contributed by atoms with Gasteiger partial charge in [0.25, 0.3) is 0 Å². The van der Waals surface area contributed by atoms with Crippen LogP contribution in [-0.4, -0.2) is 40.9 Å². The maximum atomic E-state index is 13.9. The molecule has 2 amide bonds. The summed E-state index contributed by atoms with van der Waals surface area (Å²) in [6.07, 6.45) is 8.26. The zero-order valence-electron chi connectivity index (χ0n) is 19.0. The summed E-state index contributed by atoms with van der Waals surface area (Å²) in [6.45, 7) is 5.97. The first kappa shape index (κ1) is 21.0. The van der Waals surface area contributed by atoms with Crippen LogP contribution in [0.15, 0.2) is 30.3 Å². The van der Waals surface area contributed by atoms with Gasteiger partial charge in [-0.25, -0.2) is 0 Å². The van der Waals surface area contributed by atoms with E-state index in [4.69, 9.17) is 0 Å². The fraction of sp³-hybridized carbons (Fsp3) is 0.692. The van der Waals surface area contributed by atoms with Gasteiger partial charge in [-0.2, -0.15) is 0 Å². The van der Waals surface area contributed by atoms with Crippen LogP contribution in [0.3, 0.4) is 0 Å². The second-order valence-electron chi connectivity index (χ2n) is 10.8. The number of piperidine rings is 2. The van der Waals surface area contributed by atoms with Crippen molar-refractivity contribution < 1.29 is 9.59 Å². The van der Waals surface area contributed by atoms with Crippen LogP contribution in [-0.2, 0) is 16.1 Å². The summed E-state index contributed by atoms with van der Waals surface area (Å²) >= 11 is 0. The SMILES string of the molecule is CC(C)C[C@H]1[C@@H]2N(C3CCCCC3)C[C@@H]3C[C@H]1C(=O)N[C@@]32C(=O)NCc1ccccc1. The number of rotatable bonds is 6. The number of likely N-dealkylation sites (tertiary alicyclic amines) is 1. The average Bonchev–Trinajstić information content (AvgIpc) is 3.02. The van der Waals surface area contributed by atoms with E-state index in [1.165, 1.54) is 32.1 Å². The van der Waals surface area contributed by atoms with Crippen LogP contribution in [0.5, 0.6) is 0 Å². The quantitative estimate of drug-likeness (QED) is 0.736. The Morgan fingerprint density at radius 2 is 1.94 bits per heavy atom. The van der Waals surface area contributed by atoms with E-state index in [0.29, 0.717) is 18.5 Å². The number of amides is 2. The molecule has 2 N–H and O–H groups in total. The van der Waals surface area contributed by atoms with Gasteiger partial charge in [0, 0.05) is 37.0 Å². The number of nitrogens with one attached hydrogen (secondary N) is 2. The average molecular weight is 424 g/mol. The number of nitrogens with zero attached hydrogens (tertiary/aromatic N) is 1. The first-order chi connectivity index (χ1) is 15.0. The highest BCUT2D eigenvalue weighted by atomic mass is 16.2. The molecule has 5 nitrogen and oxygen atoms in total. The minimum absolute atomic E-state index is 0.0323. The number of carbonyl (C=O) groups is 2. The molecule has 0 unspecified atom stereocenters. The Bertz CT molecular complexity index is 819. The van der Waals surface area contributed by atoms with Crippen LogP contribution in [0.2, 0.25) is 0 Å². The summed E-state index contributed by atoms with van der Waals surface area (Å²) in [6, 6.07) is 10.8. The minimum Gasteiger partial charge on any atom is -0.350 e. The van der Waals surface area contributed by atoms with E-state index in [-0.39, 0.29) is 35.6 Å². The van der Waals surface area contributed by atoms with E-state index < -0.39 is 5.54 Å². The van der Waals surface area contributed by atoms with Gasteiger partial charge < -0.3 is 10.6 Å². The molecule has 6 rings (SSSR count). The Labute approximate surface area is 186 Å². The van der Waals surface area contributed by atoms with Crippen molar-refractivity contribution in [1.29, 1.82) is 0 Å². The Morgan fingerprint density at radius 1 is 1.19 bits per heavy atom. The first-order valence-electron chi connectivity index (χ1n) is 12.4. The largest absolute Gasteiger partial charge is 0.350 e. The van der Waals surface area contributed by atoms with Crippen LogP contribution in [0, 0.1) is 23.7 Å². The Balaban J connectivity index is 1.47. The minimum atomic E-state index is -0.766. The Hall–Kier alpha value is -1.88. The molecule has 0 spiro atoms. The lowest BCUT2D eigenvalue weighted by atomic mass is 9.57. The van der Waals surface area contributed by atoms with E-state index in [1.807, 2.05) is 30.3 Å². The lowest BCUT2D eigenvalue weighted by molar-refractivity contribution is -0.155. The Kier molecular flexibility index (Phi) is 5.58. The molecule has 5 heteroatoms. The van der Waals surface area contributed by atoms with Crippen molar-refractivity contribution in [3.05, 3.63) is 35.9 Å². The van der Waals surface area contributed by atoms with Crippen LogP contribution in [0.25, 0.3) is 0 Å². The zero-order valence-corrected chi connectivity index (χ0v) is 19.0. The summed E-state index contributed by atoms with van der Waals surface area (Å²) in [5, 5.41) is 6.53. The predicted molar refractivity (Wildman–Crippen MR) is 121 cm³/mol. The van der Waals surface area contributed by atoms with Gasteiger partial charge >= 0.3 is 0 Å². The van der Waals surface area contributed by atoms with E-state index in [2.05, 4.69) is 29.4 Å². The van der Waals surface area contributed by atoms with E-state index in [0.717, 1.165) is 24.9 Å². The molecular formula is C26H37N3O2. The van der Waals surface area contributed by atoms with Crippen molar-refractivity contribution in [2.45, 2.75) is 83.0 Å². The highest BCUT2D eigenvalue weighted by Gasteiger charge is 2.70. The number of hydrogen-bond acceptors (Lipinski definition) is 3. The van der Waals surface area contributed by atoms with Gasteiger partial charge in [0.15, 0.2) is 0 Å². The Morgan fingerprint density at radius 3 is 2.65 bits per heavy atom. The van der Waals surface area contributed by atoms with Crippen molar-refractivity contribution in [1.82, 2.24) is 15.5 Å². The van der Waals surface area contributed by atoms with Crippen LogP contribution >= 0.6 is 0 Å². The van der Waals surface area contributed by atoms with Crippen LogP contribution in [0.1, 0.15) is 64.4 Å². The molecule has 3 heterocycles. The van der Waals surface area contributed by atoms with Crippen LogP contribution in [0.4, 0.5) is 0 Å². The summed E-state index contributed by atoms with van der Waals surface area (Å²) in [5.74, 6) is 1.23. The summed E-state index contributed by atoms with van der Waals surface area (Å²) in [7, 11) is 0. The normalized spacial score (nSPS) is 35.4. The van der Waals surface area contributed by atoms with Crippen LogP contribution < -0.4 is 10.6 Å². The van der Waals surface area contributed by atoms with Gasteiger partial charge in [-0.1, -0.05) is 63.4 Å². The topological polar surface area (TPSA) is 61.4 Å². The molecule has 1 aromatic rings. The molecule has 168 valence electrons. The standard InChI is InChI=1S/C26H37N3O2/c1-17(2)13-21-22-14-19-16-29(20-11-7-4-8-12-20)23(21)26(19,28-24(22)30)25(31)27-15-18-9-5-3-6-10-18/h3,5-6,9-10,17,19-23H,4,7-8,11-16H2,1-2H3,(H,27,31)(H,28,30)/t19-,21+,22+,23-,26-/m0/s1. The van der Waals surface area contributed by atoms with Crippen molar-refractivity contribution >= 4 is 11.8 Å². The van der Waals surface area contributed by atoms with Crippen molar-refractivity contribution in [2.24, 2.45) is 23.7 Å². The molecule has 3 saturated heterocycles. The molecule has 4 bridgehead atoms. The number of fused-ring (bicyclic) bond motifs is 1. The maximum absolute atomic E-state index is 13.9. The van der Waals surface area contributed by atoms with Gasteiger partial charge in [0.05, 0.1) is 0 Å². The monoisotopic (exact) mass is 423 g/mol. The third-order valence-corrected chi connectivity index (χ3v) is 8.49. The molecule has 5 aliphatic rings. The molecule has 3 aliphatic heterocycles. The van der Waals surface area contributed by atoms with Gasteiger partial charge in [0.1, 0.15) is 5.54 Å². The maximum Gasteiger partial charge on any atom is 0.248 e. The van der Waals surface area contributed by atoms with E-state index >= 15 is 0 Å². The first-order valence-corrected chi connectivity index (χ1v) is 12.4. The molecule has 1 aromatic carbocycles. The molecule has 0 aromatic heterocycles. The smallest absolute Gasteiger partial charge is 0.248 e. The van der Waals surface area contributed by atoms with Gasteiger partial charge in [-0.3, -0.25) is 14.5 Å². The number of hydrogen-bond donors (Lipinski definition) is 2. The summed E-state index contributed by atoms with van der Waals surface area (Å²) < 4.78 is 0. The lowest BCUT2D eigenvalue weighted by Gasteiger charge is -2.56. The molecule has 31 heavy (non-hydrogen) atoms. The van der Waals surface area contributed by atoms with Gasteiger partial charge in [0.2, 0.25) is 11.8 Å². The molecular weight excluding hydrogens is 386 g/mol. The fourth-order valence-corrected chi connectivity index (χ4v) is 7.26. The molecule has 2 aliphatic carbocycles. The molecule has 5 atom stereocenters. The van der Waals surface area contributed by atoms with E-state index in [9.17, 15) is 9.59 Å². The molecule has 2 saturated carbocycles. The third-order valence-electron chi connectivity index (χ3n) is 8.49. The third kappa shape index (κ3) is 3.49. The zero-order chi connectivity index (χ0) is 21.6. The molecule has 0 radical (unpaired) electrons. The lowest BCUT2D eigenvalue weighted by Crippen LogP contribution is -2.78. The molecule has 5 fully saturated rings. The number of carbonyl (C=O) groups excluding carboxylic acids is 2. The predicted octanol–water partition coefficient (Wildman–Crippen LogP) is 3.49. The van der Waals surface area contributed by atoms with Crippen molar-refractivity contribution in [3.63, 3.8) is 0 Å². The van der Waals surface area contributed by atoms with E-state index in [1.54, 1.807) is 0 Å².